The second-order valence-electron chi connectivity index (χ2n) is 7.90. The summed E-state index contributed by atoms with van der Waals surface area (Å²) >= 11 is 0. The molecule has 2 aliphatic carbocycles. The van der Waals surface area contributed by atoms with E-state index in [1.54, 1.807) is 0 Å². The summed E-state index contributed by atoms with van der Waals surface area (Å²) in [5.74, 6) is 3.61. The number of carbonyl (C=O) groups excluding carboxylic acids is 1. The molecule has 3 aliphatic rings. The zero-order valence-electron chi connectivity index (χ0n) is 14.1. The highest BCUT2D eigenvalue weighted by atomic mass is 16.2. The zero-order valence-corrected chi connectivity index (χ0v) is 14.1. The average molecular weight is 323 g/mol. The summed E-state index contributed by atoms with van der Waals surface area (Å²) in [4.78, 5) is 23.4. The molecule has 0 radical (unpaired) electrons. The van der Waals surface area contributed by atoms with Crippen LogP contribution in [0.4, 0.5) is 0 Å². The lowest BCUT2D eigenvalue weighted by molar-refractivity contribution is -0.134. The number of hydrogen-bond acceptors (Lipinski definition) is 2. The Labute approximate surface area is 142 Å². The minimum absolute atomic E-state index is 0.349. The molecule has 3 atom stereocenters. The van der Waals surface area contributed by atoms with E-state index in [0.717, 1.165) is 42.8 Å². The maximum atomic E-state index is 13.0. The zero-order chi connectivity index (χ0) is 16.1. The molecule has 0 spiro atoms. The largest absolute Gasteiger partial charge is 0.342 e. The number of aromatic nitrogens is 2. The van der Waals surface area contributed by atoms with Gasteiger partial charge >= 0.3 is 0 Å². The van der Waals surface area contributed by atoms with Gasteiger partial charge in [-0.25, -0.2) is 4.98 Å². The Kier molecular flexibility index (Phi) is 3.39. The van der Waals surface area contributed by atoms with Crippen molar-refractivity contribution in [3.63, 3.8) is 0 Å². The summed E-state index contributed by atoms with van der Waals surface area (Å²) in [6, 6.07) is 8.19. The van der Waals surface area contributed by atoms with Gasteiger partial charge in [-0.2, -0.15) is 0 Å². The molecule has 4 heteroatoms. The summed E-state index contributed by atoms with van der Waals surface area (Å²) in [5, 5.41) is 0. The SMILES string of the molecule is O=C(C1C2CCCCC21)N1CCCC(c2nc3ccccc3[nH]2)C1. The van der Waals surface area contributed by atoms with Crippen LogP contribution >= 0.6 is 0 Å². The molecule has 3 fully saturated rings. The Morgan fingerprint density at radius 1 is 1.08 bits per heavy atom. The van der Waals surface area contributed by atoms with Crippen LogP contribution in [0, 0.1) is 17.8 Å². The first-order chi connectivity index (χ1) is 11.8. The molecule has 0 bridgehead atoms. The van der Waals surface area contributed by atoms with Gasteiger partial charge in [0.25, 0.3) is 0 Å². The molecule has 1 saturated heterocycles. The highest BCUT2D eigenvalue weighted by molar-refractivity contribution is 5.82. The van der Waals surface area contributed by atoms with E-state index in [0.29, 0.717) is 29.6 Å². The number of fused-ring (bicyclic) bond motifs is 2. The van der Waals surface area contributed by atoms with E-state index in [1.165, 1.54) is 25.7 Å². The maximum Gasteiger partial charge on any atom is 0.226 e. The van der Waals surface area contributed by atoms with Gasteiger partial charge < -0.3 is 9.88 Å². The predicted molar refractivity (Wildman–Crippen MR) is 93.6 cm³/mol. The quantitative estimate of drug-likeness (QED) is 0.916. The number of nitrogens with zero attached hydrogens (tertiary/aromatic N) is 2. The van der Waals surface area contributed by atoms with Crippen molar-refractivity contribution in [1.82, 2.24) is 14.9 Å². The van der Waals surface area contributed by atoms with Gasteiger partial charge in [0, 0.05) is 24.9 Å². The van der Waals surface area contributed by atoms with Gasteiger partial charge in [-0.15, -0.1) is 0 Å². The van der Waals surface area contributed by atoms with Gasteiger partial charge in [-0.1, -0.05) is 25.0 Å². The number of carbonyl (C=O) groups is 1. The minimum atomic E-state index is 0.349. The van der Waals surface area contributed by atoms with Crippen molar-refractivity contribution in [2.24, 2.45) is 17.8 Å². The Bertz CT molecular complexity index is 722. The van der Waals surface area contributed by atoms with Gasteiger partial charge in [0.05, 0.1) is 11.0 Å². The summed E-state index contributed by atoms with van der Waals surface area (Å²) in [6.45, 7) is 1.78. The Hall–Kier alpha value is -1.84. The van der Waals surface area contributed by atoms with Crippen LogP contribution in [0.2, 0.25) is 0 Å². The number of aromatic amines is 1. The molecule has 1 amide bonds. The fraction of sp³-hybridized carbons (Fsp3) is 0.600. The number of rotatable bonds is 2. The van der Waals surface area contributed by atoms with Crippen LogP contribution in [0.1, 0.15) is 50.3 Å². The number of para-hydroxylation sites is 2. The first kappa shape index (κ1) is 14.5. The molecule has 126 valence electrons. The molecule has 2 saturated carbocycles. The molecule has 3 unspecified atom stereocenters. The van der Waals surface area contributed by atoms with Gasteiger partial charge in [0.2, 0.25) is 5.91 Å². The third kappa shape index (κ3) is 2.35. The van der Waals surface area contributed by atoms with Crippen molar-refractivity contribution in [1.29, 1.82) is 0 Å². The number of amides is 1. The second kappa shape index (κ2) is 5.61. The topological polar surface area (TPSA) is 49.0 Å². The van der Waals surface area contributed by atoms with E-state index in [1.807, 2.05) is 12.1 Å². The molecule has 5 rings (SSSR count). The third-order valence-electron chi connectivity index (χ3n) is 6.47. The Balaban J connectivity index is 1.32. The summed E-state index contributed by atoms with van der Waals surface area (Å²) in [5.41, 5.74) is 2.13. The lowest BCUT2D eigenvalue weighted by Gasteiger charge is -2.32. The summed E-state index contributed by atoms with van der Waals surface area (Å²) in [7, 11) is 0. The highest BCUT2D eigenvalue weighted by Gasteiger charge is 2.56. The normalized spacial score (nSPS) is 32.6. The number of benzene rings is 1. The molecule has 2 heterocycles. The highest BCUT2D eigenvalue weighted by Crippen LogP contribution is 2.56. The molecule has 2 aromatic rings. The van der Waals surface area contributed by atoms with Gasteiger partial charge in [0.1, 0.15) is 5.82 Å². The standard InChI is InChI=1S/C20H25N3O/c24-20(18-14-7-1-2-8-15(14)18)23-11-5-6-13(12-23)19-21-16-9-3-4-10-17(16)22-19/h3-4,9-10,13-15,18H,1-2,5-8,11-12H2,(H,21,22). The van der Waals surface area contributed by atoms with Gasteiger partial charge in [-0.05, 0) is 49.7 Å². The first-order valence-electron chi connectivity index (χ1n) is 9.55. The van der Waals surface area contributed by atoms with Crippen molar-refractivity contribution < 1.29 is 4.79 Å². The van der Waals surface area contributed by atoms with E-state index >= 15 is 0 Å². The monoisotopic (exact) mass is 323 g/mol. The van der Waals surface area contributed by atoms with Crippen LogP contribution in [0.15, 0.2) is 24.3 Å². The summed E-state index contributed by atoms with van der Waals surface area (Å²) < 4.78 is 0. The van der Waals surface area contributed by atoms with E-state index in [-0.39, 0.29) is 0 Å². The molecule has 24 heavy (non-hydrogen) atoms. The van der Waals surface area contributed by atoms with Crippen molar-refractivity contribution in [2.45, 2.75) is 44.4 Å². The van der Waals surface area contributed by atoms with Crippen LogP contribution in [0.3, 0.4) is 0 Å². The molecule has 1 aromatic heterocycles. The van der Waals surface area contributed by atoms with Crippen molar-refractivity contribution in [3.8, 4) is 0 Å². The minimum Gasteiger partial charge on any atom is -0.342 e. The number of imidazole rings is 1. The van der Waals surface area contributed by atoms with Crippen molar-refractivity contribution >= 4 is 16.9 Å². The van der Waals surface area contributed by atoms with Crippen LogP contribution in [-0.2, 0) is 4.79 Å². The Morgan fingerprint density at radius 3 is 2.67 bits per heavy atom. The average Bonchev–Trinajstić information content (AvgIpc) is 3.20. The van der Waals surface area contributed by atoms with Gasteiger partial charge in [-0.3, -0.25) is 4.79 Å². The van der Waals surface area contributed by atoms with Crippen LogP contribution in [0.5, 0.6) is 0 Å². The third-order valence-corrected chi connectivity index (χ3v) is 6.47. The fourth-order valence-corrected chi connectivity index (χ4v) is 5.14. The molecular weight excluding hydrogens is 298 g/mol. The number of H-pyrrole nitrogens is 1. The van der Waals surface area contributed by atoms with Crippen molar-refractivity contribution in [2.75, 3.05) is 13.1 Å². The van der Waals surface area contributed by atoms with Crippen LogP contribution in [-0.4, -0.2) is 33.9 Å². The molecular formula is C20H25N3O. The number of nitrogens with one attached hydrogen (secondary N) is 1. The Morgan fingerprint density at radius 2 is 1.88 bits per heavy atom. The molecule has 1 aliphatic heterocycles. The molecule has 4 nitrogen and oxygen atoms in total. The maximum absolute atomic E-state index is 13.0. The lowest BCUT2D eigenvalue weighted by Crippen LogP contribution is -2.40. The fourth-order valence-electron chi connectivity index (χ4n) is 5.14. The van der Waals surface area contributed by atoms with E-state index < -0.39 is 0 Å². The smallest absolute Gasteiger partial charge is 0.226 e. The van der Waals surface area contributed by atoms with Crippen molar-refractivity contribution in [3.05, 3.63) is 30.1 Å². The van der Waals surface area contributed by atoms with Crippen LogP contribution in [0.25, 0.3) is 11.0 Å². The van der Waals surface area contributed by atoms with E-state index in [9.17, 15) is 4.79 Å². The number of likely N-dealkylation sites (tertiary alicyclic amines) is 1. The molecule has 1 aromatic carbocycles. The number of piperidine rings is 1. The lowest BCUT2D eigenvalue weighted by atomic mass is 9.97. The summed E-state index contributed by atoms with van der Waals surface area (Å²) in [6.07, 6.45) is 7.43. The predicted octanol–water partition coefficient (Wildman–Crippen LogP) is 3.71. The molecule has 1 N–H and O–H groups in total. The second-order valence-corrected chi connectivity index (χ2v) is 7.90. The first-order valence-corrected chi connectivity index (χ1v) is 9.55. The van der Waals surface area contributed by atoms with Crippen LogP contribution < -0.4 is 0 Å². The van der Waals surface area contributed by atoms with E-state index in [2.05, 4.69) is 22.0 Å². The van der Waals surface area contributed by atoms with Gasteiger partial charge in [0.15, 0.2) is 0 Å². The number of hydrogen-bond donors (Lipinski definition) is 1. The van der Waals surface area contributed by atoms with E-state index in [4.69, 9.17) is 4.98 Å².